The summed E-state index contributed by atoms with van der Waals surface area (Å²) in [4.78, 5) is 4.76. The molecule has 0 atom stereocenters. The van der Waals surface area contributed by atoms with Crippen LogP contribution in [0.5, 0.6) is 11.5 Å². The van der Waals surface area contributed by atoms with Gasteiger partial charge in [0.05, 0.1) is 37.3 Å². The molecule has 0 bridgehead atoms. The zero-order chi connectivity index (χ0) is 58.9. The number of benzene rings is 8. The summed E-state index contributed by atoms with van der Waals surface area (Å²) in [7, 11) is 0. The Morgan fingerprint density at radius 1 is 0.646 bits per heavy atom. The van der Waals surface area contributed by atoms with E-state index in [0.717, 1.165) is 21.9 Å². The van der Waals surface area contributed by atoms with Gasteiger partial charge in [0.2, 0.25) is 0 Å². The van der Waals surface area contributed by atoms with Gasteiger partial charge in [-0.25, -0.2) is 4.98 Å². The number of aromatic nitrogens is 4. The number of fused-ring (bicyclic) bond motifs is 4. The Balaban J connectivity index is 0.00000769. The predicted octanol–water partition coefficient (Wildman–Crippen LogP) is 14.2. The largest absolute Gasteiger partial charge is 0.509 e. The number of ether oxygens (including phenoxy) is 1. The van der Waals surface area contributed by atoms with Crippen molar-refractivity contribution in [1.29, 1.82) is 0 Å². The summed E-state index contributed by atoms with van der Waals surface area (Å²) in [5.74, 6) is 0.0857. The van der Waals surface area contributed by atoms with E-state index in [1.807, 2.05) is 41.0 Å². The molecule has 0 spiro atoms. The molecule has 0 saturated heterocycles. The topological polar surface area (TPSA) is 35.9 Å². The first-order valence-electron chi connectivity index (χ1n) is 29.2. The van der Waals surface area contributed by atoms with Crippen LogP contribution in [0.3, 0.4) is 0 Å². The van der Waals surface area contributed by atoms with Gasteiger partial charge in [0.25, 0.3) is 6.33 Å². The third-order valence-electron chi connectivity index (χ3n) is 11.0. The Kier molecular flexibility index (Phi) is 6.75. The third-order valence-corrected chi connectivity index (χ3v) is 11.0. The van der Waals surface area contributed by atoms with Crippen molar-refractivity contribution in [3.05, 3.63) is 223 Å². The molecule has 6 heteroatoms. The number of hydrogen-bond acceptors (Lipinski definition) is 2. The molecule has 3 heterocycles. The van der Waals surface area contributed by atoms with Crippen LogP contribution in [0.1, 0.15) is 56.6 Å². The smallest absolute Gasteiger partial charge is 0.268 e. The zero-order valence-electron chi connectivity index (χ0n) is 52.8. The van der Waals surface area contributed by atoms with Crippen LogP contribution in [0.25, 0.3) is 83.4 Å². The Hall–Kier alpha value is -7.33. The minimum atomic E-state index is -3.14. The van der Waals surface area contributed by atoms with E-state index in [1.165, 1.54) is 33.4 Å². The fourth-order valence-corrected chi connectivity index (χ4v) is 7.98. The number of rotatable bonds is 8. The molecule has 0 unspecified atom stereocenters. The van der Waals surface area contributed by atoms with E-state index in [1.54, 1.807) is 42.6 Å². The monoisotopic (exact) mass is 1040 g/mol. The second-order valence-electron chi connectivity index (χ2n) is 15.9. The van der Waals surface area contributed by atoms with Gasteiger partial charge in [-0.2, -0.15) is 12.1 Å². The Labute approximate surface area is 419 Å². The number of pyridine rings is 1. The molecule has 5 nitrogen and oxygen atoms in total. The summed E-state index contributed by atoms with van der Waals surface area (Å²) >= 11 is 0. The van der Waals surface area contributed by atoms with E-state index in [4.69, 9.17) is 31.7 Å². The van der Waals surface area contributed by atoms with Crippen LogP contribution >= 0.6 is 0 Å². The molecule has 0 aliphatic heterocycles. The van der Waals surface area contributed by atoms with Gasteiger partial charge in [0, 0.05) is 48.4 Å². The third kappa shape index (κ3) is 7.56. The van der Waals surface area contributed by atoms with E-state index >= 15 is 0 Å². The molecule has 65 heavy (non-hydrogen) atoms. The van der Waals surface area contributed by atoms with Crippen molar-refractivity contribution in [3.8, 4) is 62.1 Å². The molecular formula is C59H44N4OPt-2. The summed E-state index contributed by atoms with van der Waals surface area (Å²) in [6.45, 7) is 3.12. The Morgan fingerprint density at radius 2 is 1.28 bits per heavy atom. The standard InChI is InChI=1S/C59H44N4O.Pt/c1-40-51(43-23-12-7-13-24-43)36-45(37-56(40)64-46-31-32-50-49-25-14-15-28-52(49)63(55(50)38-46)57-35-44(33-34-60-57)59(2,3)4)61-39-62(54-30-17-16-29-53(54)61)58-47(41-19-8-5-9-20-41)26-18-27-48(58)42-21-10-6-11-22-42;/h5-36H,1-4H3;/q-2;/i1D3,5D,6D,7D,8D,9D,10D,11D,12D,13D,19D,20D,21D,22D,23D,24D;. The molecule has 0 fully saturated rings. The molecule has 0 aliphatic rings. The SMILES string of the molecule is [2H]c1c([2H])c([2H])c(-c2cccc(-c3c([2H])c([2H])c([2H])c([2H])c3[2H])c2-[n+]2[c-]n(-c3[c-]c(Oc4[c-]c5c(cc4)c4ccccc4n5-c4cc(C(C)(C)C)ccn4)c(C([2H])([2H])[2H])c(-c4c([2H])c([2H])c([2H])c([2H])c4[2H])c3)c3ccccc32)c([2H])c1[2H].[Pt]. The maximum absolute atomic E-state index is 9.18. The summed E-state index contributed by atoms with van der Waals surface area (Å²) in [5.41, 5.74) is 0.319. The summed E-state index contributed by atoms with van der Waals surface area (Å²) in [6.07, 6.45) is 4.97. The van der Waals surface area contributed by atoms with E-state index in [-0.39, 0.29) is 82.5 Å². The summed E-state index contributed by atoms with van der Waals surface area (Å²) in [5, 5.41) is 1.61. The van der Waals surface area contributed by atoms with Gasteiger partial charge in [0.15, 0.2) is 0 Å². The second kappa shape index (κ2) is 17.0. The number of nitrogens with zero attached hydrogens (tertiary/aromatic N) is 4. The van der Waals surface area contributed by atoms with Crippen LogP contribution in [-0.4, -0.2) is 14.1 Å². The average molecular weight is 1040 g/mol. The van der Waals surface area contributed by atoms with Crippen molar-refractivity contribution in [3.63, 3.8) is 0 Å². The van der Waals surface area contributed by atoms with Crippen molar-refractivity contribution in [1.82, 2.24) is 14.1 Å². The molecule has 11 aromatic rings. The number of imidazole rings is 1. The van der Waals surface area contributed by atoms with E-state index in [2.05, 4.69) is 39.2 Å². The first-order valence-corrected chi connectivity index (χ1v) is 20.2. The van der Waals surface area contributed by atoms with Crippen LogP contribution in [0.15, 0.2) is 194 Å². The summed E-state index contributed by atoms with van der Waals surface area (Å²) in [6, 6.07) is 23.5. The molecular weight excluding hydrogens is 976 g/mol. The van der Waals surface area contributed by atoms with Crippen LogP contribution in [0.2, 0.25) is 0 Å². The molecule has 0 radical (unpaired) electrons. The molecule has 11 rings (SSSR count). The molecule has 0 amide bonds. The molecule has 0 aliphatic carbocycles. The van der Waals surface area contributed by atoms with Gasteiger partial charge < -0.3 is 13.9 Å². The van der Waals surface area contributed by atoms with Gasteiger partial charge in [-0.05, 0) is 68.1 Å². The van der Waals surface area contributed by atoms with Crippen LogP contribution < -0.4 is 9.30 Å². The zero-order valence-corrected chi connectivity index (χ0v) is 37.1. The molecule has 0 saturated carbocycles. The maximum atomic E-state index is 9.18. The Morgan fingerprint density at radius 3 is 1.94 bits per heavy atom. The van der Waals surface area contributed by atoms with Crippen LogP contribution in [-0.2, 0) is 26.5 Å². The van der Waals surface area contributed by atoms with E-state index < -0.39 is 114 Å². The molecule has 3 aromatic heterocycles. The molecule has 8 aromatic carbocycles. The quantitative estimate of drug-likeness (QED) is 0.112. The van der Waals surface area contributed by atoms with Crippen molar-refractivity contribution in [2.45, 2.75) is 33.0 Å². The molecule has 0 N–H and O–H groups in total. The van der Waals surface area contributed by atoms with Gasteiger partial charge in [-0.1, -0.05) is 184 Å². The van der Waals surface area contributed by atoms with Gasteiger partial charge in [0.1, 0.15) is 5.82 Å². The Bertz CT molecular complexity index is 4370. The summed E-state index contributed by atoms with van der Waals surface area (Å²) < 4.78 is 171. The number of hydrogen-bond donors (Lipinski definition) is 0. The average Bonchev–Trinajstić information content (AvgIpc) is 2.68. The first-order chi connectivity index (χ1) is 38.7. The minimum absolute atomic E-state index is 0. The number of para-hydroxylation sites is 4. The predicted molar refractivity (Wildman–Crippen MR) is 260 cm³/mol. The van der Waals surface area contributed by atoms with Crippen molar-refractivity contribution in [2.75, 3.05) is 0 Å². The fraction of sp³-hybridized carbons (Fsp3) is 0.0847. The fourth-order valence-electron chi connectivity index (χ4n) is 7.98. The van der Waals surface area contributed by atoms with E-state index in [9.17, 15) is 2.74 Å². The van der Waals surface area contributed by atoms with Crippen molar-refractivity contribution >= 4 is 32.8 Å². The van der Waals surface area contributed by atoms with Gasteiger partial charge in [-0.3, -0.25) is 4.57 Å². The van der Waals surface area contributed by atoms with Crippen LogP contribution in [0, 0.1) is 25.3 Å². The van der Waals surface area contributed by atoms with Gasteiger partial charge in [-0.15, -0.1) is 34.7 Å². The van der Waals surface area contributed by atoms with Crippen LogP contribution in [0.4, 0.5) is 0 Å². The van der Waals surface area contributed by atoms with E-state index in [0.29, 0.717) is 11.3 Å². The second-order valence-corrected chi connectivity index (χ2v) is 15.9. The van der Waals surface area contributed by atoms with Crippen molar-refractivity contribution < 1.29 is 55.0 Å². The normalized spacial score (nSPS) is 15.7. The minimum Gasteiger partial charge on any atom is -0.509 e. The molecule has 318 valence electrons. The van der Waals surface area contributed by atoms with Gasteiger partial charge >= 0.3 is 0 Å². The maximum Gasteiger partial charge on any atom is 0.268 e. The first kappa shape index (κ1) is 25.8. The van der Waals surface area contributed by atoms with Crippen molar-refractivity contribution in [2.24, 2.45) is 0 Å².